The second-order valence-electron chi connectivity index (χ2n) is 4.55. The van der Waals surface area contributed by atoms with Crippen LogP contribution in [0.25, 0.3) is 10.9 Å². The molecule has 0 aliphatic carbocycles. The summed E-state index contributed by atoms with van der Waals surface area (Å²) in [6, 6.07) is 4.66. The maximum absolute atomic E-state index is 13.2. The van der Waals surface area contributed by atoms with Gasteiger partial charge in [-0.15, -0.1) is 0 Å². The molecule has 0 fully saturated rings. The zero-order valence-electron chi connectivity index (χ0n) is 9.79. The van der Waals surface area contributed by atoms with Crippen molar-refractivity contribution in [3.63, 3.8) is 0 Å². The van der Waals surface area contributed by atoms with E-state index in [1.54, 1.807) is 19.9 Å². The number of hydrogen-bond donors (Lipinski definition) is 1. The number of nitrogens with zero attached hydrogens (tertiary/aromatic N) is 1. The summed E-state index contributed by atoms with van der Waals surface area (Å²) in [6.07, 6.45) is 1.89. The highest BCUT2D eigenvalue weighted by Gasteiger charge is 2.21. The molecule has 0 unspecified atom stereocenters. The Kier molecular flexibility index (Phi) is 2.50. The van der Waals surface area contributed by atoms with Gasteiger partial charge in [-0.1, -0.05) is 0 Å². The van der Waals surface area contributed by atoms with Gasteiger partial charge in [-0.25, -0.2) is 4.39 Å². The summed E-state index contributed by atoms with van der Waals surface area (Å²) in [5.41, 5.74) is 0.764. The molecule has 0 saturated carbocycles. The normalized spacial score (nSPS) is 12.3. The first-order valence-electron chi connectivity index (χ1n) is 5.44. The van der Waals surface area contributed by atoms with Crippen LogP contribution in [0.3, 0.4) is 0 Å². The molecule has 2 aromatic rings. The number of aliphatic hydroxyl groups is 1. The molecule has 1 aromatic carbocycles. The van der Waals surface area contributed by atoms with Crippen molar-refractivity contribution in [3.05, 3.63) is 35.8 Å². The van der Waals surface area contributed by atoms with Crippen LogP contribution >= 0.6 is 0 Å². The molecule has 0 aliphatic rings. The van der Waals surface area contributed by atoms with Gasteiger partial charge in [-0.2, -0.15) is 0 Å². The number of aryl methyl sites for hydroxylation is 1. The minimum Gasteiger partial charge on any atom is -0.386 e. The molecule has 1 aromatic heterocycles. The fourth-order valence-electron chi connectivity index (χ4n) is 2.01. The maximum atomic E-state index is 13.2. The van der Waals surface area contributed by atoms with Gasteiger partial charge in [0.1, 0.15) is 5.82 Å². The van der Waals surface area contributed by atoms with E-state index in [4.69, 9.17) is 0 Å². The second-order valence-corrected chi connectivity index (χ2v) is 4.55. The third kappa shape index (κ3) is 1.71. The van der Waals surface area contributed by atoms with Crippen LogP contribution in [0.4, 0.5) is 4.39 Å². The quantitative estimate of drug-likeness (QED) is 0.828. The average Bonchev–Trinajstić information content (AvgIpc) is 2.55. The summed E-state index contributed by atoms with van der Waals surface area (Å²) < 4.78 is 15.1. The number of rotatable bonds is 2. The van der Waals surface area contributed by atoms with Crippen molar-refractivity contribution in [2.45, 2.75) is 32.9 Å². The molecule has 1 N–H and O–H groups in total. The minimum absolute atomic E-state index is 0.248. The Balaban J connectivity index is 2.78. The van der Waals surface area contributed by atoms with Gasteiger partial charge in [0.15, 0.2) is 0 Å². The lowest BCUT2D eigenvalue weighted by atomic mass is 9.98. The first-order valence-corrected chi connectivity index (χ1v) is 5.44. The van der Waals surface area contributed by atoms with Gasteiger partial charge in [-0.3, -0.25) is 0 Å². The largest absolute Gasteiger partial charge is 0.386 e. The van der Waals surface area contributed by atoms with Crippen molar-refractivity contribution in [2.24, 2.45) is 0 Å². The van der Waals surface area contributed by atoms with E-state index < -0.39 is 5.60 Å². The highest BCUT2D eigenvalue weighted by molar-refractivity contribution is 5.84. The Morgan fingerprint density at radius 3 is 2.62 bits per heavy atom. The van der Waals surface area contributed by atoms with Crippen LogP contribution in [0.1, 0.15) is 26.3 Å². The lowest BCUT2D eigenvalue weighted by Crippen LogP contribution is -2.14. The Morgan fingerprint density at radius 1 is 1.38 bits per heavy atom. The molecule has 0 saturated heterocycles. The zero-order valence-corrected chi connectivity index (χ0v) is 9.79. The fourth-order valence-corrected chi connectivity index (χ4v) is 2.01. The Labute approximate surface area is 94.3 Å². The first-order chi connectivity index (χ1) is 7.43. The Morgan fingerprint density at radius 2 is 2.06 bits per heavy atom. The third-order valence-electron chi connectivity index (χ3n) is 2.84. The van der Waals surface area contributed by atoms with Gasteiger partial charge in [0.25, 0.3) is 0 Å². The molecule has 86 valence electrons. The van der Waals surface area contributed by atoms with Crippen LogP contribution in [0.15, 0.2) is 24.4 Å². The monoisotopic (exact) mass is 221 g/mol. The van der Waals surface area contributed by atoms with Crippen molar-refractivity contribution < 1.29 is 9.50 Å². The molecular formula is C13H16FNO. The Bertz CT molecular complexity index is 522. The molecule has 2 rings (SSSR count). The highest BCUT2D eigenvalue weighted by Crippen LogP contribution is 2.30. The topological polar surface area (TPSA) is 25.2 Å². The van der Waals surface area contributed by atoms with E-state index in [0.29, 0.717) is 0 Å². The fraction of sp³-hybridized carbons (Fsp3) is 0.385. The van der Waals surface area contributed by atoms with Crippen LogP contribution in [0, 0.1) is 5.82 Å². The molecule has 0 spiro atoms. The van der Waals surface area contributed by atoms with Gasteiger partial charge < -0.3 is 9.67 Å². The maximum Gasteiger partial charge on any atom is 0.125 e. The number of fused-ring (bicyclic) bond motifs is 1. The van der Waals surface area contributed by atoms with E-state index in [1.807, 2.05) is 17.7 Å². The van der Waals surface area contributed by atoms with Gasteiger partial charge in [0.05, 0.1) is 11.1 Å². The van der Waals surface area contributed by atoms with Crippen molar-refractivity contribution in [2.75, 3.05) is 0 Å². The summed E-state index contributed by atoms with van der Waals surface area (Å²) in [5, 5.41) is 11.0. The summed E-state index contributed by atoms with van der Waals surface area (Å²) in [4.78, 5) is 0. The standard InChI is InChI=1S/C13H16FNO/c1-4-15-8-11(13(2,3)16)10-6-5-9(14)7-12(10)15/h5-8,16H,4H2,1-3H3. The molecule has 2 nitrogen and oxygen atoms in total. The SMILES string of the molecule is CCn1cc(C(C)(C)O)c2ccc(F)cc21. The van der Waals surface area contributed by atoms with Crippen LogP contribution in [-0.2, 0) is 12.1 Å². The van der Waals surface area contributed by atoms with Gasteiger partial charge in [0, 0.05) is 23.7 Å². The second kappa shape index (κ2) is 3.59. The number of halogens is 1. The van der Waals surface area contributed by atoms with Crippen LogP contribution < -0.4 is 0 Å². The first kappa shape index (κ1) is 11.1. The van der Waals surface area contributed by atoms with Crippen molar-refractivity contribution >= 4 is 10.9 Å². The molecule has 0 aliphatic heterocycles. The molecule has 0 bridgehead atoms. The van der Waals surface area contributed by atoms with E-state index >= 15 is 0 Å². The van der Waals surface area contributed by atoms with Crippen molar-refractivity contribution in [1.29, 1.82) is 0 Å². The minimum atomic E-state index is -0.906. The molecule has 3 heteroatoms. The molecule has 0 radical (unpaired) electrons. The van der Waals surface area contributed by atoms with Crippen LogP contribution in [-0.4, -0.2) is 9.67 Å². The lowest BCUT2D eigenvalue weighted by molar-refractivity contribution is 0.0800. The summed E-state index contributed by atoms with van der Waals surface area (Å²) in [7, 11) is 0. The van der Waals surface area contributed by atoms with Crippen LogP contribution in [0.5, 0.6) is 0 Å². The molecule has 0 atom stereocenters. The summed E-state index contributed by atoms with van der Waals surface area (Å²) >= 11 is 0. The number of hydrogen-bond acceptors (Lipinski definition) is 1. The van der Waals surface area contributed by atoms with E-state index in [9.17, 15) is 9.50 Å². The molecule has 0 amide bonds. The lowest BCUT2D eigenvalue weighted by Gasteiger charge is -2.16. The van der Waals surface area contributed by atoms with E-state index in [0.717, 1.165) is 23.0 Å². The predicted molar refractivity (Wildman–Crippen MR) is 62.8 cm³/mol. The smallest absolute Gasteiger partial charge is 0.125 e. The number of aromatic nitrogens is 1. The predicted octanol–water partition coefficient (Wildman–Crippen LogP) is 3.03. The third-order valence-corrected chi connectivity index (χ3v) is 2.84. The van der Waals surface area contributed by atoms with Crippen LogP contribution in [0.2, 0.25) is 0 Å². The molecular weight excluding hydrogens is 205 g/mol. The summed E-state index contributed by atoms with van der Waals surface area (Å²) in [5.74, 6) is -0.248. The molecule has 1 heterocycles. The van der Waals surface area contributed by atoms with E-state index in [1.165, 1.54) is 12.1 Å². The number of benzene rings is 1. The van der Waals surface area contributed by atoms with Gasteiger partial charge in [-0.05, 0) is 39.0 Å². The van der Waals surface area contributed by atoms with Crippen molar-refractivity contribution in [3.8, 4) is 0 Å². The Hall–Kier alpha value is -1.35. The van der Waals surface area contributed by atoms with Gasteiger partial charge >= 0.3 is 0 Å². The summed E-state index contributed by atoms with van der Waals surface area (Å²) in [6.45, 7) is 6.24. The zero-order chi connectivity index (χ0) is 11.9. The van der Waals surface area contributed by atoms with E-state index in [2.05, 4.69) is 0 Å². The van der Waals surface area contributed by atoms with E-state index in [-0.39, 0.29) is 5.82 Å². The average molecular weight is 221 g/mol. The van der Waals surface area contributed by atoms with Gasteiger partial charge in [0.2, 0.25) is 0 Å². The molecule has 16 heavy (non-hydrogen) atoms. The highest BCUT2D eigenvalue weighted by atomic mass is 19.1. The van der Waals surface area contributed by atoms with Crippen molar-refractivity contribution in [1.82, 2.24) is 4.57 Å².